The maximum absolute atomic E-state index is 12.8. The van der Waals surface area contributed by atoms with Crippen molar-refractivity contribution in [3.8, 4) is 5.88 Å². The second-order valence-corrected chi connectivity index (χ2v) is 4.45. The Labute approximate surface area is 122 Å². The molecular formula is C15H18FN3O2. The molecule has 21 heavy (non-hydrogen) atoms. The third-order valence-corrected chi connectivity index (χ3v) is 2.94. The minimum Gasteiger partial charge on any atom is -0.476 e. The summed E-state index contributed by atoms with van der Waals surface area (Å²) in [6.07, 6.45) is 1.66. The van der Waals surface area contributed by atoms with Crippen LogP contribution in [-0.4, -0.2) is 22.3 Å². The molecule has 0 unspecified atom stereocenters. The summed E-state index contributed by atoms with van der Waals surface area (Å²) in [4.78, 5) is 12.2. The molecule has 0 aliphatic heterocycles. The number of ether oxygens (including phenoxy) is 1. The van der Waals surface area contributed by atoms with Crippen LogP contribution in [0.2, 0.25) is 0 Å². The molecule has 1 N–H and O–H groups in total. The van der Waals surface area contributed by atoms with Crippen molar-refractivity contribution in [2.24, 2.45) is 0 Å². The summed E-state index contributed by atoms with van der Waals surface area (Å²) in [7, 11) is 0. The number of aromatic nitrogens is 2. The number of nitrogens with one attached hydrogen (secondary N) is 1. The molecule has 112 valence electrons. The monoisotopic (exact) mass is 291 g/mol. The number of benzene rings is 1. The Bertz CT molecular complexity index is 608. The summed E-state index contributed by atoms with van der Waals surface area (Å²) in [5, 5.41) is 6.97. The van der Waals surface area contributed by atoms with Crippen LogP contribution in [0.15, 0.2) is 30.5 Å². The summed E-state index contributed by atoms with van der Waals surface area (Å²) >= 11 is 0. The number of carbonyl (C=O) groups is 1. The minimum atomic E-state index is -0.298. The van der Waals surface area contributed by atoms with Crippen molar-refractivity contribution < 1.29 is 13.9 Å². The van der Waals surface area contributed by atoms with Gasteiger partial charge in [0.1, 0.15) is 11.4 Å². The van der Waals surface area contributed by atoms with E-state index in [0.717, 1.165) is 5.56 Å². The standard InChI is InChI=1S/C15H18FN3O2/c1-3-19-10-13(15(18-19)21-4-2)14(20)17-9-11-5-7-12(16)8-6-11/h5-8,10H,3-4,9H2,1-2H3,(H,17,20). The van der Waals surface area contributed by atoms with Gasteiger partial charge in [-0.25, -0.2) is 4.39 Å². The van der Waals surface area contributed by atoms with E-state index in [1.54, 1.807) is 23.0 Å². The fraction of sp³-hybridized carbons (Fsp3) is 0.333. The van der Waals surface area contributed by atoms with Crippen molar-refractivity contribution in [2.45, 2.75) is 26.9 Å². The van der Waals surface area contributed by atoms with Gasteiger partial charge < -0.3 is 10.1 Å². The maximum atomic E-state index is 12.8. The molecule has 1 heterocycles. The van der Waals surface area contributed by atoms with Crippen LogP contribution in [0.1, 0.15) is 29.8 Å². The maximum Gasteiger partial charge on any atom is 0.258 e. The Morgan fingerprint density at radius 1 is 1.33 bits per heavy atom. The Balaban J connectivity index is 2.05. The van der Waals surface area contributed by atoms with Gasteiger partial charge >= 0.3 is 0 Å². The van der Waals surface area contributed by atoms with Crippen LogP contribution in [0.25, 0.3) is 0 Å². The topological polar surface area (TPSA) is 56.2 Å². The first-order valence-corrected chi connectivity index (χ1v) is 6.87. The lowest BCUT2D eigenvalue weighted by Crippen LogP contribution is -2.23. The molecule has 5 nitrogen and oxygen atoms in total. The molecule has 6 heteroatoms. The van der Waals surface area contributed by atoms with Gasteiger partial charge in [0.2, 0.25) is 5.88 Å². The second kappa shape index (κ2) is 6.88. The third-order valence-electron chi connectivity index (χ3n) is 2.94. The zero-order chi connectivity index (χ0) is 15.2. The molecule has 0 atom stereocenters. The first kappa shape index (κ1) is 15.0. The number of carbonyl (C=O) groups excluding carboxylic acids is 1. The molecule has 1 aromatic carbocycles. The molecule has 1 amide bonds. The van der Waals surface area contributed by atoms with E-state index in [-0.39, 0.29) is 11.7 Å². The molecule has 0 aliphatic carbocycles. The Morgan fingerprint density at radius 3 is 2.67 bits per heavy atom. The first-order chi connectivity index (χ1) is 10.1. The molecule has 1 aromatic heterocycles. The van der Waals surface area contributed by atoms with Crippen molar-refractivity contribution in [1.29, 1.82) is 0 Å². The quantitative estimate of drug-likeness (QED) is 0.889. The molecule has 0 spiro atoms. The lowest BCUT2D eigenvalue weighted by Gasteiger charge is -2.05. The highest BCUT2D eigenvalue weighted by atomic mass is 19.1. The number of hydrogen-bond donors (Lipinski definition) is 1. The molecule has 2 rings (SSSR count). The second-order valence-electron chi connectivity index (χ2n) is 4.45. The predicted octanol–water partition coefficient (Wildman–Crippen LogP) is 2.37. The summed E-state index contributed by atoms with van der Waals surface area (Å²) < 4.78 is 19.8. The van der Waals surface area contributed by atoms with Gasteiger partial charge in [-0.3, -0.25) is 9.48 Å². The van der Waals surface area contributed by atoms with Gasteiger partial charge in [0.25, 0.3) is 5.91 Å². The highest BCUT2D eigenvalue weighted by Gasteiger charge is 2.17. The van der Waals surface area contributed by atoms with E-state index in [1.165, 1.54) is 12.1 Å². The van der Waals surface area contributed by atoms with Gasteiger partial charge in [-0.2, -0.15) is 0 Å². The molecule has 0 fully saturated rings. The van der Waals surface area contributed by atoms with Crippen LogP contribution in [0.3, 0.4) is 0 Å². The molecule has 2 aromatic rings. The van der Waals surface area contributed by atoms with Crippen molar-refractivity contribution in [3.05, 3.63) is 47.4 Å². The zero-order valence-electron chi connectivity index (χ0n) is 12.1. The number of halogens is 1. The van der Waals surface area contributed by atoms with Gasteiger partial charge in [0.05, 0.1) is 6.61 Å². The van der Waals surface area contributed by atoms with Crippen molar-refractivity contribution in [1.82, 2.24) is 15.1 Å². The van der Waals surface area contributed by atoms with Gasteiger partial charge in [0.15, 0.2) is 0 Å². The van der Waals surface area contributed by atoms with Crippen LogP contribution in [0, 0.1) is 5.82 Å². The van der Waals surface area contributed by atoms with Crippen LogP contribution in [0.5, 0.6) is 5.88 Å². The normalized spacial score (nSPS) is 10.4. The highest BCUT2D eigenvalue weighted by Crippen LogP contribution is 2.16. The molecular weight excluding hydrogens is 273 g/mol. The summed E-state index contributed by atoms with van der Waals surface area (Å²) in [5.41, 5.74) is 1.23. The summed E-state index contributed by atoms with van der Waals surface area (Å²) in [6.45, 7) is 5.19. The Morgan fingerprint density at radius 2 is 2.05 bits per heavy atom. The van der Waals surface area contributed by atoms with Crippen LogP contribution in [-0.2, 0) is 13.1 Å². The van der Waals surface area contributed by atoms with Crippen LogP contribution >= 0.6 is 0 Å². The van der Waals surface area contributed by atoms with Crippen molar-refractivity contribution >= 4 is 5.91 Å². The van der Waals surface area contributed by atoms with Crippen LogP contribution in [0.4, 0.5) is 4.39 Å². The van der Waals surface area contributed by atoms with Gasteiger partial charge in [0, 0.05) is 19.3 Å². The van der Waals surface area contributed by atoms with Gasteiger partial charge in [-0.15, -0.1) is 5.10 Å². The summed E-state index contributed by atoms with van der Waals surface area (Å²) in [5.74, 6) is -0.230. The largest absolute Gasteiger partial charge is 0.476 e. The van der Waals surface area contributed by atoms with E-state index in [2.05, 4.69) is 10.4 Å². The molecule has 0 saturated heterocycles. The van der Waals surface area contributed by atoms with E-state index in [4.69, 9.17) is 4.74 Å². The molecule has 0 aliphatic rings. The molecule has 0 saturated carbocycles. The first-order valence-electron chi connectivity index (χ1n) is 6.87. The number of hydrogen-bond acceptors (Lipinski definition) is 3. The van der Waals surface area contributed by atoms with Gasteiger partial charge in [-0.05, 0) is 31.5 Å². The van der Waals surface area contributed by atoms with E-state index in [1.807, 2.05) is 13.8 Å². The Hall–Kier alpha value is -2.37. The van der Waals surface area contributed by atoms with E-state index in [9.17, 15) is 9.18 Å². The van der Waals surface area contributed by atoms with E-state index in [0.29, 0.717) is 31.1 Å². The fourth-order valence-corrected chi connectivity index (χ4v) is 1.84. The Kier molecular flexibility index (Phi) is 4.92. The lowest BCUT2D eigenvalue weighted by molar-refractivity contribution is 0.0947. The number of nitrogens with zero attached hydrogens (tertiary/aromatic N) is 2. The van der Waals surface area contributed by atoms with Crippen molar-refractivity contribution in [2.75, 3.05) is 6.61 Å². The average molecular weight is 291 g/mol. The SMILES string of the molecule is CCOc1nn(CC)cc1C(=O)NCc1ccc(F)cc1. The minimum absolute atomic E-state index is 0.262. The lowest BCUT2D eigenvalue weighted by atomic mass is 10.2. The zero-order valence-corrected chi connectivity index (χ0v) is 12.1. The van der Waals surface area contributed by atoms with Crippen LogP contribution < -0.4 is 10.1 Å². The highest BCUT2D eigenvalue weighted by molar-refractivity contribution is 5.96. The predicted molar refractivity (Wildman–Crippen MR) is 76.6 cm³/mol. The molecule has 0 radical (unpaired) electrons. The molecule has 0 bridgehead atoms. The fourth-order valence-electron chi connectivity index (χ4n) is 1.84. The van der Waals surface area contributed by atoms with Crippen molar-refractivity contribution in [3.63, 3.8) is 0 Å². The average Bonchev–Trinajstić information content (AvgIpc) is 2.90. The van der Waals surface area contributed by atoms with Gasteiger partial charge in [-0.1, -0.05) is 12.1 Å². The number of aryl methyl sites for hydroxylation is 1. The number of rotatable bonds is 6. The van der Waals surface area contributed by atoms with E-state index < -0.39 is 0 Å². The third kappa shape index (κ3) is 3.81. The number of amides is 1. The summed E-state index contributed by atoms with van der Waals surface area (Å²) in [6, 6.07) is 5.99. The van der Waals surface area contributed by atoms with E-state index >= 15 is 0 Å². The smallest absolute Gasteiger partial charge is 0.258 e.